The van der Waals surface area contributed by atoms with Gasteiger partial charge in [-0.1, -0.05) is 0 Å². The summed E-state index contributed by atoms with van der Waals surface area (Å²) in [6.45, 7) is 4.59. The summed E-state index contributed by atoms with van der Waals surface area (Å²) in [5.74, 6) is 1.06. The molecule has 0 aromatic rings. The number of unbranched alkanes of at least 4 members (excludes halogenated alkanes) is 1. The molecular formula is C8H18Sn. The predicted octanol–water partition coefficient (Wildman–Crippen LogP) is 2.52. The van der Waals surface area contributed by atoms with Crippen LogP contribution in [0.5, 0.6) is 0 Å². The molecule has 0 aromatic heterocycles. The van der Waals surface area contributed by atoms with Crippen LogP contribution in [0, 0.1) is 5.92 Å². The summed E-state index contributed by atoms with van der Waals surface area (Å²) in [6, 6.07) is 0. The van der Waals surface area contributed by atoms with Gasteiger partial charge in [-0.15, -0.1) is 0 Å². The molecule has 0 amide bonds. The number of hydrogen-bond donors (Lipinski definition) is 0. The first-order chi connectivity index (χ1) is 4.35. The number of rotatable bonds is 5. The molecule has 0 nitrogen and oxygen atoms in total. The fourth-order valence-electron chi connectivity index (χ4n) is 0.981. The van der Waals surface area contributed by atoms with Crippen molar-refractivity contribution in [1.29, 1.82) is 0 Å². The Kier molecular flexibility index (Phi) is 7.53. The summed E-state index contributed by atoms with van der Waals surface area (Å²) >= 11 is 1.46. The fourth-order valence-corrected chi connectivity index (χ4v) is 2.61. The summed E-state index contributed by atoms with van der Waals surface area (Å²) in [5, 5.41) is 0. The normalized spacial score (nSPS) is 13.7. The van der Waals surface area contributed by atoms with Crippen LogP contribution in [0.1, 0.15) is 39.5 Å². The Morgan fingerprint density at radius 1 is 1.33 bits per heavy atom. The molecule has 0 heterocycles. The molecule has 0 fully saturated rings. The molecule has 1 atom stereocenters. The van der Waals surface area contributed by atoms with Crippen LogP contribution in [0.2, 0.25) is 4.44 Å². The molecule has 1 unspecified atom stereocenters. The van der Waals surface area contributed by atoms with Crippen LogP contribution < -0.4 is 0 Å². The van der Waals surface area contributed by atoms with Crippen LogP contribution in [0.4, 0.5) is 0 Å². The average molecular weight is 233 g/mol. The Bertz CT molecular complexity index is 48.5. The van der Waals surface area contributed by atoms with Gasteiger partial charge in [0.25, 0.3) is 0 Å². The summed E-state index contributed by atoms with van der Waals surface area (Å²) < 4.78 is 1.50. The number of hydrogen-bond acceptors (Lipinski definition) is 0. The van der Waals surface area contributed by atoms with E-state index in [9.17, 15) is 0 Å². The zero-order valence-electron chi connectivity index (χ0n) is 6.69. The third-order valence-electron chi connectivity index (χ3n) is 1.88. The van der Waals surface area contributed by atoms with Gasteiger partial charge in [-0.2, -0.15) is 0 Å². The van der Waals surface area contributed by atoms with Gasteiger partial charge in [0.15, 0.2) is 0 Å². The van der Waals surface area contributed by atoms with E-state index in [2.05, 4.69) is 13.8 Å². The van der Waals surface area contributed by atoms with Gasteiger partial charge in [0.1, 0.15) is 0 Å². The SMILES string of the molecule is CCCCC(CC)[CH2][SnH]. The minimum atomic E-state index is 1.06. The van der Waals surface area contributed by atoms with E-state index >= 15 is 0 Å². The van der Waals surface area contributed by atoms with Crippen molar-refractivity contribution in [3.8, 4) is 0 Å². The zero-order valence-corrected chi connectivity index (χ0v) is 9.99. The van der Waals surface area contributed by atoms with Gasteiger partial charge < -0.3 is 0 Å². The summed E-state index contributed by atoms with van der Waals surface area (Å²) in [5.41, 5.74) is 0. The Morgan fingerprint density at radius 3 is 2.33 bits per heavy atom. The first kappa shape index (κ1) is 9.80. The molecule has 1 heteroatoms. The topological polar surface area (TPSA) is 0 Å². The minimum absolute atomic E-state index is 1.06. The van der Waals surface area contributed by atoms with Gasteiger partial charge in [-0.05, 0) is 0 Å². The van der Waals surface area contributed by atoms with Crippen molar-refractivity contribution in [1.82, 2.24) is 0 Å². The molecule has 0 N–H and O–H groups in total. The molecule has 0 aliphatic heterocycles. The van der Waals surface area contributed by atoms with Gasteiger partial charge in [0, 0.05) is 0 Å². The van der Waals surface area contributed by atoms with Crippen LogP contribution in [0.3, 0.4) is 0 Å². The summed E-state index contributed by atoms with van der Waals surface area (Å²) in [6.07, 6.45) is 5.70. The van der Waals surface area contributed by atoms with E-state index in [-0.39, 0.29) is 0 Å². The standard InChI is InChI=1S/C8H17.Sn.H/c1-4-6-7-8(3)5-2;;/h8H,3-7H2,1-2H3;;. The molecule has 0 aliphatic carbocycles. The second-order valence-electron chi connectivity index (χ2n) is 2.65. The van der Waals surface area contributed by atoms with Crippen LogP contribution >= 0.6 is 0 Å². The van der Waals surface area contributed by atoms with Gasteiger partial charge in [-0.25, -0.2) is 0 Å². The van der Waals surface area contributed by atoms with Crippen molar-refractivity contribution in [2.75, 3.05) is 0 Å². The van der Waals surface area contributed by atoms with E-state index in [1.807, 2.05) is 0 Å². The van der Waals surface area contributed by atoms with Crippen molar-refractivity contribution in [3.05, 3.63) is 0 Å². The maximum atomic E-state index is 2.32. The molecule has 0 saturated carbocycles. The van der Waals surface area contributed by atoms with Gasteiger partial charge >= 0.3 is 72.4 Å². The average Bonchev–Trinajstić information content (AvgIpc) is 1.91. The third-order valence-corrected chi connectivity index (χ3v) is 3.78. The molecule has 0 spiro atoms. The molecule has 9 heavy (non-hydrogen) atoms. The fraction of sp³-hybridized carbons (Fsp3) is 1.00. The van der Waals surface area contributed by atoms with Crippen molar-refractivity contribution >= 4 is 22.5 Å². The molecule has 0 aromatic carbocycles. The summed E-state index contributed by atoms with van der Waals surface area (Å²) in [4.78, 5) is 0. The Morgan fingerprint density at radius 2 is 2.00 bits per heavy atom. The van der Waals surface area contributed by atoms with E-state index < -0.39 is 0 Å². The molecule has 0 aliphatic rings. The van der Waals surface area contributed by atoms with Crippen molar-refractivity contribution in [2.45, 2.75) is 44.0 Å². The van der Waals surface area contributed by atoms with Crippen molar-refractivity contribution < 1.29 is 0 Å². The van der Waals surface area contributed by atoms with Crippen LogP contribution in [-0.2, 0) is 0 Å². The van der Waals surface area contributed by atoms with E-state index in [1.165, 1.54) is 52.6 Å². The molecule has 0 saturated heterocycles. The quantitative estimate of drug-likeness (QED) is 0.640. The molecule has 0 bridgehead atoms. The Labute approximate surface area is 72.5 Å². The van der Waals surface area contributed by atoms with Gasteiger partial charge in [0.05, 0.1) is 0 Å². The van der Waals surface area contributed by atoms with Crippen LogP contribution in [0.25, 0.3) is 0 Å². The van der Waals surface area contributed by atoms with E-state index in [0.29, 0.717) is 0 Å². The Hall–Kier alpha value is 0.799. The second-order valence-corrected chi connectivity index (χ2v) is 4.00. The predicted molar refractivity (Wildman–Crippen MR) is 45.3 cm³/mol. The third kappa shape index (κ3) is 5.25. The second kappa shape index (κ2) is 6.91. The van der Waals surface area contributed by atoms with Crippen molar-refractivity contribution in [2.24, 2.45) is 5.92 Å². The summed E-state index contributed by atoms with van der Waals surface area (Å²) in [7, 11) is 0. The molecular weight excluding hydrogens is 215 g/mol. The molecule has 0 rings (SSSR count). The molecule has 2 radical (unpaired) electrons. The first-order valence-electron chi connectivity index (χ1n) is 4.05. The van der Waals surface area contributed by atoms with Crippen LogP contribution in [-0.4, -0.2) is 22.5 Å². The monoisotopic (exact) mass is 234 g/mol. The van der Waals surface area contributed by atoms with E-state index in [1.54, 1.807) is 0 Å². The van der Waals surface area contributed by atoms with Gasteiger partial charge in [0.2, 0.25) is 0 Å². The first-order valence-corrected chi connectivity index (χ1v) is 6.38. The molecule has 54 valence electrons. The van der Waals surface area contributed by atoms with Crippen LogP contribution in [0.15, 0.2) is 0 Å². The van der Waals surface area contributed by atoms with Gasteiger partial charge in [-0.3, -0.25) is 0 Å². The maximum absolute atomic E-state index is 2.32. The zero-order chi connectivity index (χ0) is 7.11. The Balaban J connectivity index is 3.09. The van der Waals surface area contributed by atoms with E-state index in [0.717, 1.165) is 5.92 Å². The van der Waals surface area contributed by atoms with E-state index in [4.69, 9.17) is 0 Å². The van der Waals surface area contributed by atoms with Crippen molar-refractivity contribution in [3.63, 3.8) is 0 Å².